The Balaban J connectivity index is 1.22. The average molecular weight is 485 g/mol. The van der Waals surface area contributed by atoms with Crippen LogP contribution in [0.25, 0.3) is 0 Å². The Morgan fingerprint density at radius 2 is 1.71 bits per heavy atom. The first-order valence-electron chi connectivity index (χ1n) is 11.7. The minimum absolute atomic E-state index is 0.0194. The molecule has 2 aliphatic heterocycles. The molecular weight excluding hydrogens is 452 g/mol. The molecule has 4 rings (SSSR count). The first-order valence-corrected chi connectivity index (χ1v) is 11.7. The molecule has 4 atom stereocenters. The van der Waals surface area contributed by atoms with Crippen LogP contribution < -0.4 is 20.3 Å². The van der Waals surface area contributed by atoms with Crippen LogP contribution in [-0.4, -0.2) is 91.3 Å². The van der Waals surface area contributed by atoms with E-state index in [-0.39, 0.29) is 18.9 Å². The number of methoxy groups -OCH3 is 1. The molecule has 10 heteroatoms. The lowest BCUT2D eigenvalue weighted by atomic mass is 10.0. The van der Waals surface area contributed by atoms with Gasteiger partial charge in [-0.25, -0.2) is 4.79 Å². The van der Waals surface area contributed by atoms with Crippen LogP contribution in [0.1, 0.15) is 6.42 Å². The molecule has 2 aromatic carbocycles. The van der Waals surface area contributed by atoms with E-state index in [0.717, 1.165) is 18.8 Å². The molecule has 0 aliphatic carbocycles. The Hall–Kier alpha value is -3.34. The molecule has 0 saturated carbocycles. The van der Waals surface area contributed by atoms with E-state index in [2.05, 4.69) is 15.5 Å². The maximum Gasteiger partial charge on any atom is 0.319 e. The second-order valence-corrected chi connectivity index (χ2v) is 8.67. The number of para-hydroxylation sites is 1. The predicted octanol–water partition coefficient (Wildman–Crippen LogP) is 1.04. The van der Waals surface area contributed by atoms with Gasteiger partial charge < -0.3 is 40.1 Å². The van der Waals surface area contributed by atoms with Crippen molar-refractivity contribution in [2.24, 2.45) is 0 Å². The zero-order chi connectivity index (χ0) is 24.8. The van der Waals surface area contributed by atoms with Crippen molar-refractivity contribution in [2.45, 2.75) is 30.8 Å². The molecule has 2 saturated heterocycles. The van der Waals surface area contributed by atoms with Gasteiger partial charge in [0.25, 0.3) is 0 Å². The zero-order valence-corrected chi connectivity index (χ0v) is 19.7. The number of hydrogen-bond donors (Lipinski definition) is 4. The first kappa shape index (κ1) is 24.8. The second kappa shape index (κ2) is 11.4. The number of aliphatic hydroxyl groups is 2. The molecule has 2 aliphatic rings. The van der Waals surface area contributed by atoms with Gasteiger partial charge in [0.1, 0.15) is 24.1 Å². The summed E-state index contributed by atoms with van der Waals surface area (Å²) in [6.45, 7) is 2.58. The Labute approximate surface area is 204 Å². The minimum Gasteiger partial charge on any atom is -0.497 e. The van der Waals surface area contributed by atoms with Gasteiger partial charge in [-0.05, 0) is 24.3 Å². The van der Waals surface area contributed by atoms with Gasteiger partial charge >= 0.3 is 6.03 Å². The van der Waals surface area contributed by atoms with Crippen LogP contribution in [0.2, 0.25) is 0 Å². The Bertz CT molecular complexity index is 998. The number of nitrogens with one attached hydrogen (secondary N) is 2. The van der Waals surface area contributed by atoms with E-state index in [1.807, 2.05) is 30.3 Å². The number of urea groups is 1. The molecule has 35 heavy (non-hydrogen) atoms. The number of aliphatic hydroxyl groups excluding tert-OH is 2. The van der Waals surface area contributed by atoms with Crippen molar-refractivity contribution < 1.29 is 29.3 Å². The molecule has 2 aromatic rings. The summed E-state index contributed by atoms with van der Waals surface area (Å²) in [5, 5.41) is 26.1. The monoisotopic (exact) mass is 484 g/mol. The van der Waals surface area contributed by atoms with Gasteiger partial charge in [0, 0.05) is 50.2 Å². The molecule has 188 valence electrons. The number of anilines is 2. The van der Waals surface area contributed by atoms with Gasteiger partial charge in [0.2, 0.25) is 5.91 Å². The van der Waals surface area contributed by atoms with Crippen molar-refractivity contribution in [3.05, 3.63) is 54.6 Å². The summed E-state index contributed by atoms with van der Waals surface area (Å²) < 4.78 is 10.9. The van der Waals surface area contributed by atoms with Crippen LogP contribution >= 0.6 is 0 Å². The van der Waals surface area contributed by atoms with Gasteiger partial charge in [-0.1, -0.05) is 24.3 Å². The van der Waals surface area contributed by atoms with Crippen LogP contribution in [0.4, 0.5) is 16.2 Å². The number of ether oxygens (including phenoxy) is 2. The predicted molar refractivity (Wildman–Crippen MR) is 131 cm³/mol. The molecule has 3 amide bonds. The molecule has 4 N–H and O–H groups in total. The molecule has 0 unspecified atom stereocenters. The smallest absolute Gasteiger partial charge is 0.319 e. The van der Waals surface area contributed by atoms with Gasteiger partial charge in [-0.3, -0.25) is 4.79 Å². The molecule has 2 heterocycles. The highest BCUT2D eigenvalue weighted by Gasteiger charge is 2.44. The summed E-state index contributed by atoms with van der Waals surface area (Å²) in [4.78, 5) is 29.0. The van der Waals surface area contributed by atoms with E-state index in [9.17, 15) is 19.8 Å². The van der Waals surface area contributed by atoms with E-state index in [1.165, 1.54) is 7.11 Å². The Morgan fingerprint density at radius 3 is 2.43 bits per heavy atom. The molecule has 2 fully saturated rings. The van der Waals surface area contributed by atoms with Crippen molar-refractivity contribution >= 4 is 23.3 Å². The van der Waals surface area contributed by atoms with Gasteiger partial charge in [0.15, 0.2) is 0 Å². The topological polar surface area (TPSA) is 124 Å². The standard InChI is InChI=1S/C25H32N4O6/c1-34-19-9-5-6-17(14-19)27-25(33)26-16-21-24(32)23(31)20(35-21)15-22(30)29-12-10-28(11-13-29)18-7-3-2-4-8-18/h2-9,14,20-21,23-24,31-32H,10-13,15-16H2,1H3,(H2,26,27,33)/t20-,21+,23-,24+/m0/s1. The summed E-state index contributed by atoms with van der Waals surface area (Å²) in [7, 11) is 1.54. The number of hydrogen-bond acceptors (Lipinski definition) is 7. The molecule has 0 spiro atoms. The molecule has 0 bridgehead atoms. The number of rotatable bonds is 7. The zero-order valence-electron chi connectivity index (χ0n) is 19.7. The van der Waals surface area contributed by atoms with Crippen molar-refractivity contribution in [3.63, 3.8) is 0 Å². The fraction of sp³-hybridized carbons (Fsp3) is 0.440. The average Bonchev–Trinajstić information content (AvgIpc) is 3.16. The third kappa shape index (κ3) is 6.21. The van der Waals surface area contributed by atoms with Crippen molar-refractivity contribution in [1.29, 1.82) is 0 Å². The van der Waals surface area contributed by atoms with E-state index < -0.39 is 30.4 Å². The van der Waals surface area contributed by atoms with Crippen LogP contribution in [0.5, 0.6) is 5.75 Å². The molecular formula is C25H32N4O6. The lowest BCUT2D eigenvalue weighted by molar-refractivity contribution is -0.135. The van der Waals surface area contributed by atoms with E-state index in [1.54, 1.807) is 29.2 Å². The summed E-state index contributed by atoms with van der Waals surface area (Å²) in [5.41, 5.74) is 1.67. The highest BCUT2D eigenvalue weighted by atomic mass is 16.5. The van der Waals surface area contributed by atoms with Crippen LogP contribution in [-0.2, 0) is 9.53 Å². The van der Waals surface area contributed by atoms with Crippen molar-refractivity contribution in [2.75, 3.05) is 50.1 Å². The lowest BCUT2D eigenvalue weighted by Gasteiger charge is -2.36. The number of benzene rings is 2. The van der Waals surface area contributed by atoms with Crippen molar-refractivity contribution in [3.8, 4) is 5.75 Å². The Kier molecular flexibility index (Phi) is 8.06. The van der Waals surface area contributed by atoms with E-state index >= 15 is 0 Å². The van der Waals surface area contributed by atoms with Crippen molar-refractivity contribution in [1.82, 2.24) is 10.2 Å². The fourth-order valence-corrected chi connectivity index (χ4v) is 4.39. The maximum atomic E-state index is 12.8. The van der Waals surface area contributed by atoms with Crippen LogP contribution in [0.15, 0.2) is 54.6 Å². The number of carbonyl (C=O) groups excluding carboxylic acids is 2. The summed E-state index contributed by atoms with van der Waals surface area (Å²) in [6, 6.07) is 16.5. The largest absolute Gasteiger partial charge is 0.497 e. The molecule has 0 radical (unpaired) electrons. The van der Waals surface area contributed by atoms with Gasteiger partial charge in [-0.15, -0.1) is 0 Å². The Morgan fingerprint density at radius 1 is 1.00 bits per heavy atom. The van der Waals surface area contributed by atoms with E-state index in [4.69, 9.17) is 9.47 Å². The number of amides is 3. The van der Waals surface area contributed by atoms with Gasteiger partial charge in [0.05, 0.1) is 19.6 Å². The summed E-state index contributed by atoms with van der Waals surface area (Å²) in [6.07, 6.45) is -4.11. The SMILES string of the molecule is COc1cccc(NC(=O)NC[C@H]2O[C@@H](CC(=O)N3CCN(c4ccccc4)CC3)[C@H](O)[C@@H]2O)c1. The highest BCUT2D eigenvalue weighted by molar-refractivity contribution is 5.89. The third-order valence-corrected chi connectivity index (χ3v) is 6.38. The number of carbonyl (C=O) groups is 2. The quantitative estimate of drug-likeness (QED) is 0.463. The first-order chi connectivity index (χ1) is 16.9. The van der Waals surface area contributed by atoms with E-state index in [0.29, 0.717) is 24.5 Å². The summed E-state index contributed by atoms with van der Waals surface area (Å²) in [5.74, 6) is 0.479. The van der Waals surface area contributed by atoms with Crippen LogP contribution in [0.3, 0.4) is 0 Å². The molecule has 10 nitrogen and oxygen atoms in total. The maximum absolute atomic E-state index is 12.8. The lowest BCUT2D eigenvalue weighted by Crippen LogP contribution is -2.49. The summed E-state index contributed by atoms with van der Waals surface area (Å²) >= 11 is 0. The fourth-order valence-electron chi connectivity index (χ4n) is 4.39. The second-order valence-electron chi connectivity index (χ2n) is 8.67. The number of piperazine rings is 1. The third-order valence-electron chi connectivity index (χ3n) is 6.38. The number of nitrogens with zero attached hydrogens (tertiary/aromatic N) is 2. The van der Waals surface area contributed by atoms with Gasteiger partial charge in [-0.2, -0.15) is 0 Å². The normalized spacial score (nSPS) is 24.2. The molecule has 0 aromatic heterocycles. The van der Waals surface area contributed by atoms with Crippen LogP contribution in [0, 0.1) is 0 Å². The minimum atomic E-state index is -1.21. The highest BCUT2D eigenvalue weighted by Crippen LogP contribution is 2.25.